The van der Waals surface area contributed by atoms with E-state index in [2.05, 4.69) is 72.2 Å². The van der Waals surface area contributed by atoms with Gasteiger partial charge in [-0.15, -0.1) is 6.58 Å². The summed E-state index contributed by atoms with van der Waals surface area (Å²) in [5.41, 5.74) is 4.57. The van der Waals surface area contributed by atoms with Crippen LogP contribution in [0.15, 0.2) is 73.5 Å². The van der Waals surface area contributed by atoms with E-state index < -0.39 is 0 Å². The van der Waals surface area contributed by atoms with E-state index in [1.54, 1.807) is 0 Å². The molecule has 1 unspecified atom stereocenters. The van der Waals surface area contributed by atoms with Crippen LogP contribution in [0.4, 0.5) is 0 Å². The second-order valence-electron chi connectivity index (χ2n) is 7.03. The number of aliphatic hydroxyl groups excluding tert-OH is 1. The molecule has 2 heteroatoms. The zero-order valence-corrected chi connectivity index (χ0v) is 15.9. The molecule has 3 aromatic rings. The number of hydrogen-bond donors (Lipinski definition) is 1. The van der Waals surface area contributed by atoms with E-state index in [1.807, 2.05) is 19.2 Å². The van der Waals surface area contributed by atoms with Crippen LogP contribution in [0.25, 0.3) is 28.0 Å². The van der Waals surface area contributed by atoms with Crippen molar-refractivity contribution in [1.82, 2.24) is 4.98 Å². The van der Waals surface area contributed by atoms with Gasteiger partial charge in [-0.05, 0) is 66.3 Å². The van der Waals surface area contributed by atoms with Gasteiger partial charge in [-0.3, -0.25) is 4.98 Å². The third kappa shape index (κ3) is 5.38. The average Bonchev–Trinajstić information content (AvgIpc) is 2.68. The molecule has 0 bridgehead atoms. The van der Waals surface area contributed by atoms with Crippen molar-refractivity contribution in [2.75, 3.05) is 0 Å². The van der Waals surface area contributed by atoms with Crippen LogP contribution in [0, 0.1) is 0 Å². The first-order valence-electron chi connectivity index (χ1n) is 9.60. The van der Waals surface area contributed by atoms with E-state index in [1.165, 1.54) is 21.9 Å². The normalized spacial score (nSPS) is 12.5. The van der Waals surface area contributed by atoms with E-state index in [4.69, 9.17) is 0 Å². The van der Waals surface area contributed by atoms with Gasteiger partial charge in [0.05, 0.1) is 6.10 Å². The predicted octanol–water partition coefficient (Wildman–Crippen LogP) is 6.19. The lowest BCUT2D eigenvalue weighted by molar-refractivity contribution is 0.182. The average molecular weight is 357 g/mol. The van der Waals surface area contributed by atoms with Crippen LogP contribution < -0.4 is 0 Å². The molecule has 0 radical (unpaired) electrons. The molecule has 0 aliphatic rings. The lowest BCUT2D eigenvalue weighted by Crippen LogP contribution is -1.97. The second kappa shape index (κ2) is 9.29. The van der Waals surface area contributed by atoms with Crippen LogP contribution in [-0.4, -0.2) is 16.2 Å². The number of aromatic nitrogens is 1. The van der Waals surface area contributed by atoms with Gasteiger partial charge in [-0.1, -0.05) is 48.6 Å². The summed E-state index contributed by atoms with van der Waals surface area (Å²) in [4.78, 5) is 4.50. The molecule has 2 aromatic carbocycles. The van der Waals surface area contributed by atoms with E-state index in [0.717, 1.165) is 36.9 Å². The Kier molecular flexibility index (Phi) is 6.56. The maximum absolute atomic E-state index is 9.30. The van der Waals surface area contributed by atoms with Crippen LogP contribution in [0.5, 0.6) is 0 Å². The Morgan fingerprint density at radius 2 is 1.81 bits per heavy atom. The highest BCUT2D eigenvalue weighted by molar-refractivity contribution is 5.88. The largest absolute Gasteiger partial charge is 0.393 e. The number of aliphatic hydroxyl groups is 1. The molecule has 1 N–H and O–H groups in total. The Morgan fingerprint density at radius 1 is 1.04 bits per heavy atom. The Morgan fingerprint density at radius 3 is 2.56 bits per heavy atom. The highest BCUT2D eigenvalue weighted by Crippen LogP contribution is 2.25. The minimum Gasteiger partial charge on any atom is -0.393 e. The monoisotopic (exact) mass is 357 g/mol. The first-order valence-corrected chi connectivity index (χ1v) is 9.60. The first kappa shape index (κ1) is 19.1. The molecule has 3 rings (SSSR count). The molecule has 0 spiro atoms. The minimum atomic E-state index is -0.207. The van der Waals surface area contributed by atoms with Gasteiger partial charge in [0, 0.05) is 23.9 Å². The Balaban J connectivity index is 1.73. The molecule has 0 aliphatic carbocycles. The molecule has 0 fully saturated rings. The summed E-state index contributed by atoms with van der Waals surface area (Å²) in [5.74, 6) is 0. The number of unbranched alkanes of at least 4 members (excludes halogenated alkanes) is 1. The van der Waals surface area contributed by atoms with E-state index in [0.29, 0.717) is 0 Å². The van der Waals surface area contributed by atoms with Crippen LogP contribution >= 0.6 is 0 Å². The van der Waals surface area contributed by atoms with Crippen LogP contribution in [0.2, 0.25) is 0 Å². The Bertz CT molecular complexity index is 923. The molecule has 0 saturated carbocycles. The number of benzene rings is 2. The van der Waals surface area contributed by atoms with Crippen molar-refractivity contribution in [2.45, 2.75) is 38.7 Å². The number of rotatable bonds is 8. The fraction of sp³-hybridized carbons (Fsp3) is 0.240. The highest BCUT2D eigenvalue weighted by atomic mass is 16.3. The third-order valence-electron chi connectivity index (χ3n) is 4.68. The quantitative estimate of drug-likeness (QED) is 0.385. The van der Waals surface area contributed by atoms with Gasteiger partial charge in [-0.25, -0.2) is 0 Å². The molecule has 0 saturated heterocycles. The lowest BCUT2D eigenvalue weighted by Gasteiger charge is -2.06. The minimum absolute atomic E-state index is 0.207. The van der Waals surface area contributed by atoms with Gasteiger partial charge in [0.2, 0.25) is 0 Å². The fourth-order valence-corrected chi connectivity index (χ4v) is 3.16. The van der Waals surface area contributed by atoms with Gasteiger partial charge in [-0.2, -0.15) is 0 Å². The van der Waals surface area contributed by atoms with Gasteiger partial charge < -0.3 is 5.11 Å². The summed E-state index contributed by atoms with van der Waals surface area (Å²) in [6.45, 7) is 5.60. The van der Waals surface area contributed by atoms with Crippen molar-refractivity contribution < 1.29 is 5.11 Å². The number of hydrogen-bond acceptors (Lipinski definition) is 2. The first-order chi connectivity index (χ1) is 13.2. The molecule has 0 aliphatic heterocycles. The fourth-order valence-electron chi connectivity index (χ4n) is 3.16. The summed E-state index contributed by atoms with van der Waals surface area (Å²) in [5, 5.41) is 11.8. The lowest BCUT2D eigenvalue weighted by atomic mass is 10.0. The van der Waals surface area contributed by atoms with Gasteiger partial charge in [0.25, 0.3) is 0 Å². The van der Waals surface area contributed by atoms with Crippen molar-refractivity contribution in [3.8, 4) is 11.1 Å². The molecule has 2 nitrogen and oxygen atoms in total. The number of allylic oxidation sites excluding steroid dienone is 2. The number of pyridine rings is 1. The number of nitrogens with zero attached hydrogens (tertiary/aromatic N) is 1. The SMILES string of the molecule is C=CCc1ccc(-c2ccc3cc(C=CCCCC(C)O)ccc3c2)cn1. The molecule has 27 heavy (non-hydrogen) atoms. The Hall–Kier alpha value is -2.71. The second-order valence-corrected chi connectivity index (χ2v) is 7.03. The van der Waals surface area contributed by atoms with Crippen LogP contribution in [-0.2, 0) is 6.42 Å². The maximum Gasteiger partial charge on any atom is 0.0512 e. The summed E-state index contributed by atoms with van der Waals surface area (Å²) >= 11 is 0. The van der Waals surface area contributed by atoms with Crippen molar-refractivity contribution in [1.29, 1.82) is 0 Å². The van der Waals surface area contributed by atoms with Crippen molar-refractivity contribution in [3.63, 3.8) is 0 Å². The van der Waals surface area contributed by atoms with Gasteiger partial charge in [0.1, 0.15) is 0 Å². The van der Waals surface area contributed by atoms with Crippen molar-refractivity contribution in [2.24, 2.45) is 0 Å². The maximum atomic E-state index is 9.30. The smallest absolute Gasteiger partial charge is 0.0512 e. The Labute approximate surface area is 161 Å². The van der Waals surface area contributed by atoms with Crippen molar-refractivity contribution in [3.05, 3.63) is 84.7 Å². The van der Waals surface area contributed by atoms with Gasteiger partial charge in [0.15, 0.2) is 0 Å². The molecule has 1 heterocycles. The summed E-state index contributed by atoms with van der Waals surface area (Å²) in [6, 6.07) is 17.3. The molecular weight excluding hydrogens is 330 g/mol. The number of fused-ring (bicyclic) bond motifs is 1. The van der Waals surface area contributed by atoms with E-state index in [9.17, 15) is 5.11 Å². The van der Waals surface area contributed by atoms with Gasteiger partial charge >= 0.3 is 0 Å². The van der Waals surface area contributed by atoms with Crippen molar-refractivity contribution >= 4 is 16.8 Å². The summed E-state index contributed by atoms with van der Waals surface area (Å²) < 4.78 is 0. The molecule has 1 atom stereocenters. The van der Waals surface area contributed by atoms with E-state index in [-0.39, 0.29) is 6.10 Å². The summed E-state index contributed by atoms with van der Waals surface area (Å²) in [7, 11) is 0. The molecular formula is C25H27NO. The van der Waals surface area contributed by atoms with E-state index >= 15 is 0 Å². The topological polar surface area (TPSA) is 33.1 Å². The third-order valence-corrected chi connectivity index (χ3v) is 4.68. The van der Waals surface area contributed by atoms with Crippen LogP contribution in [0.1, 0.15) is 37.4 Å². The molecule has 138 valence electrons. The molecule has 1 aromatic heterocycles. The molecule has 0 amide bonds. The zero-order chi connectivity index (χ0) is 19.1. The zero-order valence-electron chi connectivity index (χ0n) is 15.9. The standard InChI is InChI=1S/C25H27NO/c1-3-7-25-15-14-24(18-26-25)23-13-12-21-16-20(10-11-22(21)17-23)9-6-4-5-8-19(2)27/h3,6,9-19,27H,1,4-5,7-8H2,2H3. The summed E-state index contributed by atoms with van der Waals surface area (Å²) in [6.07, 6.45) is 11.6. The highest BCUT2D eigenvalue weighted by Gasteiger charge is 2.02. The van der Waals surface area contributed by atoms with Crippen LogP contribution in [0.3, 0.4) is 0 Å². The predicted molar refractivity (Wildman–Crippen MR) is 116 cm³/mol.